The summed E-state index contributed by atoms with van der Waals surface area (Å²) in [5, 5.41) is 10.1. The number of carbonyl (C=O) groups is 2. The smallest absolute Gasteiger partial charge is 0.327 e. The molecule has 2 heterocycles. The van der Waals surface area contributed by atoms with Gasteiger partial charge in [0.2, 0.25) is 0 Å². The van der Waals surface area contributed by atoms with E-state index in [0.717, 1.165) is 17.7 Å². The van der Waals surface area contributed by atoms with Gasteiger partial charge in [0.05, 0.1) is 12.6 Å². The average molecular weight is 292 g/mol. The topological polar surface area (TPSA) is 60.9 Å². The van der Waals surface area contributed by atoms with Crippen molar-refractivity contribution in [3.05, 3.63) is 35.6 Å². The van der Waals surface area contributed by atoms with Gasteiger partial charge in [-0.15, -0.1) is 0 Å². The molecule has 0 saturated carbocycles. The Labute approximate surface area is 122 Å². The lowest BCUT2D eigenvalue weighted by atomic mass is 10.0. The summed E-state index contributed by atoms with van der Waals surface area (Å²) in [6.07, 6.45) is 1.43. The predicted molar refractivity (Wildman–Crippen MR) is 72.8 cm³/mol. The Kier molecular flexibility index (Phi) is 3.63. The molecule has 0 unspecified atom stereocenters. The van der Waals surface area contributed by atoms with Crippen molar-refractivity contribution in [2.24, 2.45) is 0 Å². The summed E-state index contributed by atoms with van der Waals surface area (Å²) in [6.45, 7) is 0.454. The van der Waals surface area contributed by atoms with E-state index in [2.05, 4.69) is 0 Å². The van der Waals surface area contributed by atoms with Crippen LogP contribution in [0.5, 0.6) is 0 Å². The lowest BCUT2D eigenvalue weighted by Crippen LogP contribution is -2.39. The van der Waals surface area contributed by atoms with Gasteiger partial charge < -0.3 is 10.0 Å². The minimum absolute atomic E-state index is 0.131. The number of hydrogen-bond acceptors (Lipinski definition) is 3. The number of imide groups is 1. The number of urea groups is 1. The van der Waals surface area contributed by atoms with Gasteiger partial charge in [0.1, 0.15) is 11.9 Å². The van der Waals surface area contributed by atoms with Crippen LogP contribution in [-0.4, -0.2) is 46.0 Å². The maximum atomic E-state index is 13.2. The Bertz CT molecular complexity index is 554. The van der Waals surface area contributed by atoms with Gasteiger partial charge in [-0.05, 0) is 37.0 Å². The highest BCUT2D eigenvalue weighted by Crippen LogP contribution is 2.28. The fourth-order valence-corrected chi connectivity index (χ4v) is 3.01. The van der Waals surface area contributed by atoms with Gasteiger partial charge in [-0.2, -0.15) is 0 Å². The summed E-state index contributed by atoms with van der Waals surface area (Å²) in [7, 11) is 0. The molecule has 2 aliphatic rings. The Morgan fingerprint density at radius 1 is 1.33 bits per heavy atom. The van der Waals surface area contributed by atoms with Gasteiger partial charge in [0, 0.05) is 6.54 Å². The van der Waals surface area contributed by atoms with E-state index in [9.17, 15) is 19.1 Å². The minimum atomic E-state index is -1.07. The van der Waals surface area contributed by atoms with Crippen LogP contribution in [0.15, 0.2) is 24.3 Å². The fraction of sp³-hybridized carbons (Fsp3) is 0.467. The number of nitrogens with zero attached hydrogens (tertiary/aromatic N) is 2. The number of aliphatic hydroxyl groups excluding tert-OH is 1. The summed E-state index contributed by atoms with van der Waals surface area (Å²) < 4.78 is 13.2. The van der Waals surface area contributed by atoms with Crippen LogP contribution in [0.3, 0.4) is 0 Å². The summed E-state index contributed by atoms with van der Waals surface area (Å²) >= 11 is 0. The van der Waals surface area contributed by atoms with E-state index in [1.54, 1.807) is 11.0 Å². The van der Waals surface area contributed by atoms with E-state index in [1.165, 1.54) is 18.2 Å². The monoisotopic (exact) mass is 292 g/mol. The zero-order chi connectivity index (χ0) is 15.0. The number of fused-ring (bicyclic) bond motifs is 1. The second-order valence-corrected chi connectivity index (χ2v) is 5.51. The van der Waals surface area contributed by atoms with E-state index < -0.39 is 11.9 Å². The number of rotatable bonds is 3. The second kappa shape index (κ2) is 5.44. The molecule has 2 saturated heterocycles. The number of amides is 3. The predicted octanol–water partition coefficient (Wildman–Crippen LogP) is 1.68. The number of hydrogen-bond donors (Lipinski definition) is 1. The Balaban J connectivity index is 1.75. The number of benzene rings is 1. The van der Waals surface area contributed by atoms with Crippen LogP contribution in [0.2, 0.25) is 0 Å². The van der Waals surface area contributed by atoms with Crippen LogP contribution >= 0.6 is 0 Å². The molecular formula is C15H17FN2O3. The van der Waals surface area contributed by atoms with E-state index >= 15 is 0 Å². The molecule has 112 valence electrons. The first-order valence-electron chi connectivity index (χ1n) is 7.13. The third kappa shape index (κ3) is 2.51. The quantitative estimate of drug-likeness (QED) is 0.862. The van der Waals surface area contributed by atoms with Crippen molar-refractivity contribution in [3.8, 4) is 0 Å². The largest absolute Gasteiger partial charge is 0.387 e. The van der Waals surface area contributed by atoms with Crippen molar-refractivity contribution >= 4 is 11.9 Å². The van der Waals surface area contributed by atoms with Crippen molar-refractivity contribution in [1.29, 1.82) is 0 Å². The highest BCUT2D eigenvalue weighted by atomic mass is 19.1. The van der Waals surface area contributed by atoms with Gasteiger partial charge in [-0.25, -0.2) is 9.18 Å². The number of carbonyl (C=O) groups excluding carboxylic acids is 2. The molecule has 2 aliphatic heterocycles. The van der Waals surface area contributed by atoms with Gasteiger partial charge in [-0.1, -0.05) is 12.1 Å². The molecule has 1 N–H and O–H groups in total. The van der Waals surface area contributed by atoms with Gasteiger partial charge in [0.25, 0.3) is 5.91 Å². The number of β-amino-alcohol motifs (C(OH)–C–C–N with tert-alkyl or cyclic N) is 1. The third-order valence-electron chi connectivity index (χ3n) is 4.12. The number of halogens is 1. The zero-order valence-electron chi connectivity index (χ0n) is 11.5. The minimum Gasteiger partial charge on any atom is -0.387 e. The molecule has 1 aromatic rings. The first kappa shape index (κ1) is 14.0. The van der Waals surface area contributed by atoms with Crippen LogP contribution in [0.25, 0.3) is 0 Å². The Hall–Kier alpha value is -1.95. The first-order chi connectivity index (χ1) is 10.1. The average Bonchev–Trinajstić information content (AvgIpc) is 2.73. The fourth-order valence-electron chi connectivity index (χ4n) is 3.01. The van der Waals surface area contributed by atoms with Crippen molar-refractivity contribution in [2.45, 2.75) is 31.4 Å². The lowest BCUT2D eigenvalue weighted by molar-refractivity contribution is -0.129. The Morgan fingerprint density at radius 3 is 2.86 bits per heavy atom. The molecule has 21 heavy (non-hydrogen) atoms. The molecule has 0 radical (unpaired) electrons. The second-order valence-electron chi connectivity index (χ2n) is 5.51. The highest BCUT2D eigenvalue weighted by Gasteiger charge is 2.46. The lowest BCUT2D eigenvalue weighted by Gasteiger charge is -2.26. The molecule has 0 aliphatic carbocycles. The number of aliphatic hydroxyl groups is 1. The maximum Gasteiger partial charge on any atom is 0.327 e. The standard InChI is InChI=1S/C15H17FN2O3/c16-11-5-3-4-10(8-11)13(19)9-18-14(20)12-6-1-2-7-17(12)15(18)21/h3-5,8,12-13,19H,1-2,6-7,9H2/t12-,13+/m1/s1. The molecule has 3 amide bonds. The molecule has 3 rings (SSSR count). The van der Waals surface area contributed by atoms with E-state index in [1.807, 2.05) is 0 Å². The molecular weight excluding hydrogens is 275 g/mol. The molecule has 5 nitrogen and oxygen atoms in total. The first-order valence-corrected chi connectivity index (χ1v) is 7.13. The van der Waals surface area contributed by atoms with Crippen molar-refractivity contribution in [2.75, 3.05) is 13.1 Å². The van der Waals surface area contributed by atoms with Crippen LogP contribution in [0, 0.1) is 5.82 Å². The van der Waals surface area contributed by atoms with Crippen molar-refractivity contribution < 1.29 is 19.1 Å². The van der Waals surface area contributed by atoms with E-state index in [0.29, 0.717) is 18.5 Å². The molecule has 0 aromatic heterocycles. The zero-order valence-corrected chi connectivity index (χ0v) is 11.5. The van der Waals surface area contributed by atoms with E-state index in [4.69, 9.17) is 0 Å². The van der Waals surface area contributed by atoms with Gasteiger partial charge in [-0.3, -0.25) is 9.69 Å². The normalized spacial score (nSPS) is 23.4. The van der Waals surface area contributed by atoms with Crippen LogP contribution in [-0.2, 0) is 4.79 Å². The summed E-state index contributed by atoms with van der Waals surface area (Å²) in [6, 6.07) is 4.83. The van der Waals surface area contributed by atoms with E-state index in [-0.39, 0.29) is 24.5 Å². The van der Waals surface area contributed by atoms with Crippen molar-refractivity contribution in [3.63, 3.8) is 0 Å². The summed E-state index contributed by atoms with van der Waals surface area (Å²) in [5.41, 5.74) is 0.362. The molecule has 6 heteroatoms. The molecule has 0 spiro atoms. The highest BCUT2D eigenvalue weighted by molar-refractivity contribution is 6.04. The molecule has 2 atom stereocenters. The van der Waals surface area contributed by atoms with Gasteiger partial charge >= 0.3 is 6.03 Å². The van der Waals surface area contributed by atoms with Crippen LogP contribution < -0.4 is 0 Å². The van der Waals surface area contributed by atoms with Crippen molar-refractivity contribution in [1.82, 2.24) is 9.80 Å². The molecule has 0 bridgehead atoms. The summed E-state index contributed by atoms with van der Waals surface area (Å²) in [4.78, 5) is 27.2. The summed E-state index contributed by atoms with van der Waals surface area (Å²) in [5.74, 6) is -0.710. The molecule has 2 fully saturated rings. The SMILES string of the molecule is O=C1[C@H]2CCCCN2C(=O)N1C[C@H](O)c1cccc(F)c1. The third-order valence-corrected chi connectivity index (χ3v) is 4.12. The maximum absolute atomic E-state index is 13.2. The Morgan fingerprint density at radius 2 is 2.14 bits per heavy atom. The molecule has 1 aromatic carbocycles. The van der Waals surface area contributed by atoms with Crippen LogP contribution in [0.4, 0.5) is 9.18 Å². The number of piperidine rings is 1. The van der Waals surface area contributed by atoms with Crippen LogP contribution in [0.1, 0.15) is 30.9 Å². The van der Waals surface area contributed by atoms with Gasteiger partial charge in [0.15, 0.2) is 0 Å².